The molecule has 2 heterocycles. The van der Waals surface area contributed by atoms with Crippen molar-refractivity contribution in [3.8, 4) is 0 Å². The van der Waals surface area contributed by atoms with E-state index in [0.717, 1.165) is 48.9 Å². The second-order valence-corrected chi connectivity index (χ2v) is 8.68. The van der Waals surface area contributed by atoms with Gasteiger partial charge in [0.05, 0.1) is 5.56 Å². The zero-order chi connectivity index (χ0) is 23.4. The van der Waals surface area contributed by atoms with Gasteiger partial charge >= 0.3 is 0 Å². The first-order valence-corrected chi connectivity index (χ1v) is 11.7. The summed E-state index contributed by atoms with van der Waals surface area (Å²) in [7, 11) is 0. The summed E-state index contributed by atoms with van der Waals surface area (Å²) in [5.74, 6) is -1.99. The number of hydrogen-bond donors (Lipinski definition) is 3. The van der Waals surface area contributed by atoms with E-state index in [1.54, 1.807) is 12.1 Å². The first kappa shape index (κ1) is 22.9. The molecule has 8 heteroatoms. The van der Waals surface area contributed by atoms with Crippen molar-refractivity contribution < 1.29 is 19.2 Å². The minimum absolute atomic E-state index is 0.0930. The number of anilines is 1. The standard InChI is InChI=1S/C25H30N4O4/c26-14-5-3-1-2-4-6-15-27-18-11-10-16-8-7-9-17-21(16)22(18)25(33)29(24(17)32)19-12-13-20(30)28-23(19)31/h7-11,19,27H,1-6,12-15,26H2,(H,28,30,31). The number of imide groups is 2. The lowest BCUT2D eigenvalue weighted by molar-refractivity contribution is -0.136. The number of nitrogens with zero attached hydrogens (tertiary/aromatic N) is 1. The van der Waals surface area contributed by atoms with Crippen LogP contribution in [-0.2, 0) is 9.59 Å². The minimum atomic E-state index is -0.993. The maximum absolute atomic E-state index is 13.6. The first-order chi connectivity index (χ1) is 16.0. The topological polar surface area (TPSA) is 122 Å². The maximum atomic E-state index is 13.6. The Labute approximate surface area is 192 Å². The van der Waals surface area contributed by atoms with Gasteiger partial charge < -0.3 is 11.1 Å². The van der Waals surface area contributed by atoms with Crippen LogP contribution in [-0.4, -0.2) is 47.7 Å². The zero-order valence-corrected chi connectivity index (χ0v) is 18.7. The molecule has 8 nitrogen and oxygen atoms in total. The molecule has 0 bridgehead atoms. The molecule has 1 fully saturated rings. The van der Waals surface area contributed by atoms with E-state index in [4.69, 9.17) is 5.73 Å². The molecular weight excluding hydrogens is 420 g/mol. The van der Waals surface area contributed by atoms with E-state index in [0.29, 0.717) is 28.7 Å². The van der Waals surface area contributed by atoms with E-state index in [1.165, 1.54) is 6.42 Å². The molecule has 0 radical (unpaired) electrons. The third-order valence-corrected chi connectivity index (χ3v) is 6.40. The molecule has 0 aliphatic carbocycles. The minimum Gasteiger partial charge on any atom is -0.384 e. The van der Waals surface area contributed by atoms with Crippen molar-refractivity contribution in [3.63, 3.8) is 0 Å². The molecule has 1 unspecified atom stereocenters. The monoisotopic (exact) mass is 450 g/mol. The van der Waals surface area contributed by atoms with Crippen molar-refractivity contribution in [3.05, 3.63) is 41.5 Å². The Balaban J connectivity index is 1.56. The molecule has 0 aromatic heterocycles. The normalized spacial score (nSPS) is 18.1. The highest BCUT2D eigenvalue weighted by molar-refractivity contribution is 6.28. The fourth-order valence-corrected chi connectivity index (χ4v) is 4.68. The molecule has 2 aromatic rings. The number of nitrogens with two attached hydrogens (primary N) is 1. The lowest BCUT2D eigenvalue weighted by atomic mass is 9.90. The van der Waals surface area contributed by atoms with Crippen LogP contribution in [0.25, 0.3) is 10.8 Å². The number of carbonyl (C=O) groups excluding carboxylic acids is 4. The summed E-state index contributed by atoms with van der Waals surface area (Å²) < 4.78 is 0. The number of carbonyl (C=O) groups is 4. The summed E-state index contributed by atoms with van der Waals surface area (Å²) in [6.45, 7) is 1.44. The molecule has 2 aliphatic rings. The van der Waals surface area contributed by atoms with Crippen molar-refractivity contribution in [2.45, 2.75) is 57.4 Å². The Hall–Kier alpha value is -3.26. The molecule has 1 saturated heterocycles. The highest BCUT2D eigenvalue weighted by Crippen LogP contribution is 2.36. The van der Waals surface area contributed by atoms with E-state index in [9.17, 15) is 19.2 Å². The van der Waals surface area contributed by atoms with E-state index < -0.39 is 23.8 Å². The molecule has 2 aliphatic heterocycles. The van der Waals surface area contributed by atoms with Gasteiger partial charge in [-0.15, -0.1) is 0 Å². The Bertz CT molecular complexity index is 1100. The Morgan fingerprint density at radius 2 is 1.70 bits per heavy atom. The summed E-state index contributed by atoms with van der Waals surface area (Å²) in [5, 5.41) is 7.04. The van der Waals surface area contributed by atoms with Gasteiger partial charge in [0, 0.05) is 29.6 Å². The SMILES string of the molecule is NCCCCCCCCNc1ccc2cccc3c2c1C(=O)N(C1CCC(=O)NC1=O)C3=O. The van der Waals surface area contributed by atoms with Crippen LogP contribution in [0.15, 0.2) is 30.3 Å². The van der Waals surface area contributed by atoms with Gasteiger partial charge in [-0.2, -0.15) is 0 Å². The van der Waals surface area contributed by atoms with E-state index in [2.05, 4.69) is 10.6 Å². The molecule has 4 N–H and O–H groups in total. The Morgan fingerprint density at radius 3 is 2.45 bits per heavy atom. The van der Waals surface area contributed by atoms with Gasteiger partial charge in [0.15, 0.2) is 0 Å². The summed E-state index contributed by atoms with van der Waals surface area (Å²) >= 11 is 0. The molecule has 4 amide bonds. The summed E-state index contributed by atoms with van der Waals surface area (Å²) in [6.07, 6.45) is 6.80. The van der Waals surface area contributed by atoms with Gasteiger partial charge in [0.25, 0.3) is 11.8 Å². The second kappa shape index (κ2) is 10.1. The van der Waals surface area contributed by atoms with E-state index >= 15 is 0 Å². The number of rotatable bonds is 10. The average molecular weight is 451 g/mol. The van der Waals surface area contributed by atoms with Crippen molar-refractivity contribution in [2.24, 2.45) is 5.73 Å². The predicted molar refractivity (Wildman–Crippen MR) is 126 cm³/mol. The van der Waals surface area contributed by atoms with Gasteiger partial charge in [0.1, 0.15) is 6.04 Å². The van der Waals surface area contributed by atoms with Crippen LogP contribution in [0.2, 0.25) is 0 Å². The highest BCUT2D eigenvalue weighted by Gasteiger charge is 2.43. The Kier molecular flexibility index (Phi) is 7.03. The molecule has 174 valence electrons. The molecule has 4 rings (SSSR count). The van der Waals surface area contributed by atoms with Crippen LogP contribution >= 0.6 is 0 Å². The van der Waals surface area contributed by atoms with Crippen molar-refractivity contribution in [1.82, 2.24) is 10.2 Å². The number of nitrogens with one attached hydrogen (secondary N) is 2. The summed E-state index contributed by atoms with van der Waals surface area (Å²) in [6, 6.07) is 8.10. The largest absolute Gasteiger partial charge is 0.384 e. The van der Waals surface area contributed by atoms with Gasteiger partial charge in [-0.3, -0.25) is 29.4 Å². The van der Waals surface area contributed by atoms with Crippen LogP contribution in [0.3, 0.4) is 0 Å². The lowest BCUT2D eigenvalue weighted by Gasteiger charge is -2.35. The number of hydrogen-bond acceptors (Lipinski definition) is 6. The third-order valence-electron chi connectivity index (χ3n) is 6.40. The van der Waals surface area contributed by atoms with Crippen LogP contribution < -0.4 is 16.4 Å². The second-order valence-electron chi connectivity index (χ2n) is 8.68. The van der Waals surface area contributed by atoms with Crippen molar-refractivity contribution in [2.75, 3.05) is 18.4 Å². The molecule has 0 saturated carbocycles. The first-order valence-electron chi connectivity index (χ1n) is 11.7. The molecular formula is C25H30N4O4. The molecule has 33 heavy (non-hydrogen) atoms. The average Bonchev–Trinajstić information content (AvgIpc) is 2.80. The van der Waals surface area contributed by atoms with Crippen LogP contribution in [0, 0.1) is 0 Å². The van der Waals surface area contributed by atoms with Gasteiger partial charge in [-0.1, -0.05) is 43.9 Å². The maximum Gasteiger partial charge on any atom is 0.264 e. The number of piperidine rings is 1. The van der Waals surface area contributed by atoms with Crippen molar-refractivity contribution in [1.29, 1.82) is 0 Å². The quantitative estimate of drug-likeness (QED) is 0.378. The number of unbranched alkanes of at least 4 members (excludes halogenated alkanes) is 5. The van der Waals surface area contributed by atoms with Crippen LogP contribution in [0.4, 0.5) is 5.69 Å². The molecule has 1 atom stereocenters. The smallest absolute Gasteiger partial charge is 0.264 e. The van der Waals surface area contributed by atoms with Crippen molar-refractivity contribution >= 4 is 40.1 Å². The highest BCUT2D eigenvalue weighted by atomic mass is 16.2. The third kappa shape index (κ3) is 4.61. The fraction of sp³-hybridized carbons (Fsp3) is 0.440. The zero-order valence-electron chi connectivity index (χ0n) is 18.7. The van der Waals surface area contributed by atoms with Gasteiger partial charge in [-0.25, -0.2) is 0 Å². The van der Waals surface area contributed by atoms with Crippen LogP contribution in [0.5, 0.6) is 0 Å². The molecule has 2 aromatic carbocycles. The van der Waals surface area contributed by atoms with E-state index in [-0.39, 0.29) is 18.7 Å². The van der Waals surface area contributed by atoms with Gasteiger partial charge in [-0.05, 0) is 43.3 Å². The lowest BCUT2D eigenvalue weighted by Crippen LogP contribution is -2.57. The van der Waals surface area contributed by atoms with Gasteiger partial charge in [0.2, 0.25) is 11.8 Å². The number of amides is 4. The molecule has 0 spiro atoms. The number of benzene rings is 2. The fourth-order valence-electron chi connectivity index (χ4n) is 4.68. The van der Waals surface area contributed by atoms with Crippen LogP contribution in [0.1, 0.15) is 72.1 Å². The summed E-state index contributed by atoms with van der Waals surface area (Å²) in [4.78, 5) is 51.9. The summed E-state index contributed by atoms with van der Waals surface area (Å²) in [5.41, 5.74) is 7.00. The predicted octanol–water partition coefficient (Wildman–Crippen LogP) is 2.95. The van der Waals surface area contributed by atoms with E-state index in [1.807, 2.05) is 18.2 Å². The Morgan fingerprint density at radius 1 is 0.939 bits per heavy atom.